The van der Waals surface area contributed by atoms with E-state index in [1.807, 2.05) is 30.3 Å². The summed E-state index contributed by atoms with van der Waals surface area (Å²) in [4.78, 5) is 10.6. The van der Waals surface area contributed by atoms with E-state index < -0.39 is 0 Å². The molecule has 280 valence electrons. The molecule has 0 saturated heterocycles. The van der Waals surface area contributed by atoms with Gasteiger partial charge in [-0.1, -0.05) is 164 Å². The molecule has 0 fully saturated rings. The van der Waals surface area contributed by atoms with E-state index in [0.717, 1.165) is 61.5 Å². The lowest BCUT2D eigenvalue weighted by Gasteiger charge is -2.15. The van der Waals surface area contributed by atoms with Gasteiger partial charge >= 0.3 is 0 Å². The molecule has 0 aliphatic rings. The normalized spacial score (nSPS) is 11.7. The molecule has 12 aromatic rings. The molecule has 4 nitrogen and oxygen atoms in total. The summed E-state index contributed by atoms with van der Waals surface area (Å²) in [6, 6.07) is 78.1. The molecule has 9 aromatic carbocycles. The van der Waals surface area contributed by atoms with Gasteiger partial charge in [0.25, 0.3) is 0 Å². The number of rotatable bonds is 6. The first-order valence-corrected chi connectivity index (χ1v) is 20.4. The molecule has 0 atom stereocenters. The summed E-state index contributed by atoms with van der Waals surface area (Å²) in [5.74, 6) is 0.811. The zero-order valence-corrected chi connectivity index (χ0v) is 32.6. The predicted octanol–water partition coefficient (Wildman–Crippen LogP) is 14.5. The lowest BCUT2D eigenvalue weighted by atomic mass is 9.98. The Morgan fingerprint density at radius 3 is 1.27 bits per heavy atom. The number of hydrogen-bond acceptors (Lipinski definition) is 2. The fraction of sp³-hybridized carbons (Fsp3) is 0. The van der Waals surface area contributed by atoms with Crippen molar-refractivity contribution in [3.63, 3.8) is 0 Å². The highest BCUT2D eigenvalue weighted by Gasteiger charge is 2.21. The van der Waals surface area contributed by atoms with Gasteiger partial charge in [0.1, 0.15) is 5.69 Å². The highest BCUT2D eigenvalue weighted by atomic mass is 15.1. The zero-order valence-electron chi connectivity index (χ0n) is 32.6. The second-order valence-electron chi connectivity index (χ2n) is 15.4. The summed E-state index contributed by atoms with van der Waals surface area (Å²) in [7, 11) is 0. The maximum absolute atomic E-state index is 5.36. The van der Waals surface area contributed by atoms with E-state index in [0.29, 0.717) is 0 Å². The topological polar surface area (TPSA) is 35.6 Å². The molecule has 0 spiro atoms. The smallest absolute Gasteiger partial charge is 0.165 e. The summed E-state index contributed by atoms with van der Waals surface area (Å²) in [6.45, 7) is 0. The largest absolute Gasteiger partial charge is 0.309 e. The molecule has 3 heterocycles. The Morgan fingerprint density at radius 2 is 0.700 bits per heavy atom. The van der Waals surface area contributed by atoms with Crippen LogP contribution in [0.15, 0.2) is 218 Å². The Hall–Kier alpha value is -8.08. The molecule has 0 aliphatic heterocycles. The zero-order chi connectivity index (χ0) is 39.6. The Kier molecular flexibility index (Phi) is 7.82. The van der Waals surface area contributed by atoms with Gasteiger partial charge in [-0.2, -0.15) is 0 Å². The van der Waals surface area contributed by atoms with Gasteiger partial charge in [0, 0.05) is 32.8 Å². The van der Waals surface area contributed by atoms with Crippen molar-refractivity contribution in [2.75, 3.05) is 0 Å². The van der Waals surface area contributed by atoms with E-state index in [-0.39, 0.29) is 0 Å². The maximum Gasteiger partial charge on any atom is 0.165 e. The van der Waals surface area contributed by atoms with E-state index in [2.05, 4.69) is 197 Å². The predicted molar refractivity (Wildman–Crippen MR) is 250 cm³/mol. The van der Waals surface area contributed by atoms with E-state index in [9.17, 15) is 0 Å². The molecule has 0 saturated carbocycles. The van der Waals surface area contributed by atoms with Crippen LogP contribution in [-0.2, 0) is 0 Å². The molecule has 0 unspecified atom stereocenters. The van der Waals surface area contributed by atoms with E-state index in [1.54, 1.807) is 0 Å². The summed E-state index contributed by atoms with van der Waals surface area (Å²) < 4.78 is 4.75. The number of para-hydroxylation sites is 4. The van der Waals surface area contributed by atoms with Gasteiger partial charge in [-0.25, -0.2) is 9.97 Å². The highest BCUT2D eigenvalue weighted by molar-refractivity contribution is 6.12. The fourth-order valence-corrected chi connectivity index (χ4v) is 9.08. The minimum absolute atomic E-state index is 0.811. The summed E-state index contributed by atoms with van der Waals surface area (Å²) in [6.07, 6.45) is 0. The van der Waals surface area contributed by atoms with Crippen LogP contribution in [-0.4, -0.2) is 19.1 Å². The van der Waals surface area contributed by atoms with Crippen LogP contribution in [0.2, 0.25) is 0 Å². The Bertz CT molecular complexity index is 3530. The number of fused-ring (bicyclic) bond motifs is 7. The van der Waals surface area contributed by atoms with Crippen molar-refractivity contribution in [1.82, 2.24) is 19.1 Å². The quantitative estimate of drug-likeness (QED) is 0.169. The molecular formula is C56H36N4. The summed E-state index contributed by atoms with van der Waals surface area (Å²) >= 11 is 0. The van der Waals surface area contributed by atoms with Crippen molar-refractivity contribution in [3.05, 3.63) is 218 Å². The molecule has 12 rings (SSSR count). The first-order chi connectivity index (χ1) is 29.7. The van der Waals surface area contributed by atoms with Crippen LogP contribution in [0, 0.1) is 0 Å². The van der Waals surface area contributed by atoms with Gasteiger partial charge in [0.05, 0.1) is 33.1 Å². The molecular weight excluding hydrogens is 729 g/mol. The lowest BCUT2D eigenvalue weighted by Crippen LogP contribution is -2.03. The summed E-state index contributed by atoms with van der Waals surface area (Å²) in [5.41, 5.74) is 16.2. The van der Waals surface area contributed by atoms with Gasteiger partial charge in [-0.15, -0.1) is 0 Å². The third-order valence-electron chi connectivity index (χ3n) is 11.9. The van der Waals surface area contributed by atoms with E-state index in [1.165, 1.54) is 49.3 Å². The van der Waals surface area contributed by atoms with Gasteiger partial charge < -0.3 is 4.57 Å². The summed E-state index contributed by atoms with van der Waals surface area (Å²) in [5, 5.41) is 4.79. The molecule has 3 aromatic heterocycles. The third-order valence-corrected chi connectivity index (χ3v) is 11.9. The Balaban J connectivity index is 1.10. The lowest BCUT2D eigenvalue weighted by molar-refractivity contribution is 1.08. The molecule has 60 heavy (non-hydrogen) atoms. The van der Waals surface area contributed by atoms with Crippen LogP contribution in [0.5, 0.6) is 0 Å². The van der Waals surface area contributed by atoms with Crippen LogP contribution >= 0.6 is 0 Å². The molecule has 0 amide bonds. The monoisotopic (exact) mass is 764 g/mol. The van der Waals surface area contributed by atoms with Crippen molar-refractivity contribution in [2.24, 2.45) is 0 Å². The second kappa shape index (κ2) is 13.8. The van der Waals surface area contributed by atoms with Crippen LogP contribution < -0.4 is 0 Å². The molecule has 0 N–H and O–H groups in total. The van der Waals surface area contributed by atoms with E-state index in [4.69, 9.17) is 9.97 Å². The average molecular weight is 765 g/mol. The number of benzene rings is 9. The van der Waals surface area contributed by atoms with Gasteiger partial charge in [-0.3, -0.25) is 4.57 Å². The van der Waals surface area contributed by atoms with Gasteiger partial charge in [0.2, 0.25) is 0 Å². The van der Waals surface area contributed by atoms with Crippen LogP contribution in [0.1, 0.15) is 0 Å². The SMILES string of the molecule is c1ccc(-c2cc(-c3ccccc3)cc(-n3c4ccccc4c4ccc(-c5ccc6c7ccccc7n(-c7nc8ccccc8nc7-c7ccccc7)c6c5)cc43)c2)cc1. The first-order valence-electron chi connectivity index (χ1n) is 20.4. The molecule has 0 aliphatic carbocycles. The van der Waals surface area contributed by atoms with Crippen LogP contribution in [0.3, 0.4) is 0 Å². The second-order valence-corrected chi connectivity index (χ2v) is 15.4. The van der Waals surface area contributed by atoms with Crippen LogP contribution in [0.4, 0.5) is 0 Å². The minimum Gasteiger partial charge on any atom is -0.309 e. The van der Waals surface area contributed by atoms with Crippen molar-refractivity contribution in [1.29, 1.82) is 0 Å². The minimum atomic E-state index is 0.811. The van der Waals surface area contributed by atoms with E-state index >= 15 is 0 Å². The van der Waals surface area contributed by atoms with Gasteiger partial charge in [-0.05, 0) is 88.0 Å². The van der Waals surface area contributed by atoms with Crippen molar-refractivity contribution in [3.8, 4) is 56.1 Å². The number of hydrogen-bond donors (Lipinski definition) is 0. The number of nitrogens with zero attached hydrogens (tertiary/aromatic N) is 4. The van der Waals surface area contributed by atoms with Crippen molar-refractivity contribution < 1.29 is 0 Å². The molecule has 0 radical (unpaired) electrons. The molecule has 4 heteroatoms. The average Bonchev–Trinajstić information content (AvgIpc) is 3.84. The van der Waals surface area contributed by atoms with Crippen molar-refractivity contribution >= 4 is 54.6 Å². The third kappa shape index (κ3) is 5.53. The Morgan fingerprint density at radius 1 is 0.267 bits per heavy atom. The first kappa shape index (κ1) is 34.0. The Labute approximate surface area is 346 Å². The van der Waals surface area contributed by atoms with Gasteiger partial charge in [0.15, 0.2) is 5.82 Å². The maximum atomic E-state index is 5.36. The highest BCUT2D eigenvalue weighted by Crippen LogP contribution is 2.40. The van der Waals surface area contributed by atoms with Crippen LogP contribution in [0.25, 0.3) is 111 Å². The van der Waals surface area contributed by atoms with Crippen molar-refractivity contribution in [2.45, 2.75) is 0 Å². The number of aromatic nitrogens is 4. The fourth-order valence-electron chi connectivity index (χ4n) is 9.08. The standard InChI is InChI=1S/C56H36N4/c1-4-16-37(17-5-1)42-32-43(38-18-6-2-7-19-38)34-44(33-42)59-51-26-14-10-22-45(51)47-30-28-40(35-53(47)59)41-29-31-48-46-23-11-15-27-52(46)60(54(48)36-41)56-55(39-20-8-3-9-21-39)57-49-24-12-13-25-50(49)58-56/h1-36H. The molecule has 0 bridgehead atoms.